The first kappa shape index (κ1) is 17.5. The minimum Gasteiger partial charge on any atom is -0.329 e. The van der Waals surface area contributed by atoms with Gasteiger partial charge in [-0.05, 0) is 51.9 Å². The van der Waals surface area contributed by atoms with E-state index >= 15 is 0 Å². The summed E-state index contributed by atoms with van der Waals surface area (Å²) in [5.41, 5.74) is 10.7. The zero-order chi connectivity index (χ0) is 11.6. The van der Waals surface area contributed by atoms with Gasteiger partial charge in [-0.1, -0.05) is 0 Å². The molecule has 5 heteroatoms. The maximum atomic E-state index is 5.37. The molecule has 0 aromatic rings. The number of likely N-dealkylation sites (tertiary alicyclic amines) is 2. The van der Waals surface area contributed by atoms with Crippen molar-refractivity contribution in [2.45, 2.75) is 25.7 Å². The fourth-order valence-corrected chi connectivity index (χ4v) is 2.38. The summed E-state index contributed by atoms with van der Waals surface area (Å²) in [6.07, 6.45) is 5.50. The van der Waals surface area contributed by atoms with E-state index in [9.17, 15) is 0 Å². The molecule has 0 spiro atoms. The Balaban J connectivity index is 0.000000284. The molecule has 0 aromatic carbocycles. The molecular weight excluding hydrogens is 307 g/mol. The molecule has 0 amide bonds. The topological polar surface area (TPSA) is 58.5 Å². The van der Waals surface area contributed by atoms with Crippen LogP contribution in [0, 0.1) is 0 Å². The maximum Gasteiger partial charge on any atom is 2.00 e. The van der Waals surface area contributed by atoms with E-state index in [1.54, 1.807) is 0 Å². The summed E-state index contributed by atoms with van der Waals surface area (Å²) in [4.78, 5) is 4.83. The van der Waals surface area contributed by atoms with Gasteiger partial charge >= 0.3 is 20.4 Å². The molecule has 0 aromatic heterocycles. The van der Waals surface area contributed by atoms with E-state index in [4.69, 9.17) is 11.5 Å². The second-order valence-electron chi connectivity index (χ2n) is 4.67. The van der Waals surface area contributed by atoms with Gasteiger partial charge < -0.3 is 21.3 Å². The zero-order valence-corrected chi connectivity index (χ0v) is 12.4. The van der Waals surface area contributed by atoms with E-state index in [1.165, 1.54) is 51.9 Å². The van der Waals surface area contributed by atoms with E-state index in [2.05, 4.69) is 9.80 Å². The van der Waals surface area contributed by atoms with Gasteiger partial charge in [0.1, 0.15) is 0 Å². The fraction of sp³-hybridized carbons (Fsp3) is 1.00. The Morgan fingerprint density at radius 2 is 0.941 bits per heavy atom. The largest absolute Gasteiger partial charge is 2.00 e. The molecule has 4 nitrogen and oxygen atoms in total. The summed E-state index contributed by atoms with van der Waals surface area (Å²) in [6.45, 7) is 8.93. The predicted molar refractivity (Wildman–Crippen MR) is 69.5 cm³/mol. The Labute approximate surface area is 120 Å². The monoisotopic (exact) mass is 334 g/mol. The van der Waals surface area contributed by atoms with E-state index in [1.807, 2.05) is 0 Å². The molecule has 104 valence electrons. The van der Waals surface area contributed by atoms with Crippen molar-refractivity contribution in [1.82, 2.24) is 9.80 Å². The van der Waals surface area contributed by atoms with E-state index < -0.39 is 0 Å². The van der Waals surface area contributed by atoms with Gasteiger partial charge in [-0.2, -0.15) is 0 Å². The van der Waals surface area contributed by atoms with Gasteiger partial charge in [-0.15, -0.1) is 0 Å². The van der Waals surface area contributed by atoms with Crippen molar-refractivity contribution in [3.05, 3.63) is 0 Å². The van der Waals surface area contributed by atoms with Gasteiger partial charge in [-0.3, -0.25) is 0 Å². The Morgan fingerprint density at radius 3 is 1.18 bits per heavy atom. The average molecular weight is 335 g/mol. The standard InChI is InChI=1S/2C6H14N2.Pd/c2*7-3-6-8-4-1-2-5-8;/h2*1-7H2;/q;;+2. The summed E-state index contributed by atoms with van der Waals surface area (Å²) in [5.74, 6) is 0. The van der Waals surface area contributed by atoms with Crippen molar-refractivity contribution in [3.8, 4) is 0 Å². The van der Waals surface area contributed by atoms with Crippen LogP contribution in [-0.4, -0.2) is 62.2 Å². The Morgan fingerprint density at radius 1 is 0.647 bits per heavy atom. The number of hydrogen-bond donors (Lipinski definition) is 2. The quantitative estimate of drug-likeness (QED) is 0.715. The summed E-state index contributed by atoms with van der Waals surface area (Å²) >= 11 is 0. The second kappa shape index (κ2) is 11.6. The van der Waals surface area contributed by atoms with Gasteiger partial charge in [0.2, 0.25) is 0 Å². The van der Waals surface area contributed by atoms with Gasteiger partial charge in [0.25, 0.3) is 0 Å². The molecule has 2 saturated heterocycles. The number of rotatable bonds is 4. The molecule has 0 aliphatic carbocycles. The van der Waals surface area contributed by atoms with Crippen LogP contribution in [0.1, 0.15) is 25.7 Å². The Hall–Kier alpha value is 0.502. The third-order valence-corrected chi connectivity index (χ3v) is 3.29. The van der Waals surface area contributed by atoms with E-state index in [-0.39, 0.29) is 20.4 Å². The van der Waals surface area contributed by atoms with Crippen molar-refractivity contribution in [2.24, 2.45) is 11.5 Å². The first-order valence-electron chi connectivity index (χ1n) is 6.71. The SMILES string of the molecule is NCCN1CCCC1.NCCN1CCCC1.[Pd+2]. The van der Waals surface area contributed by atoms with Crippen LogP contribution in [0.15, 0.2) is 0 Å². The molecule has 0 atom stereocenters. The third-order valence-electron chi connectivity index (χ3n) is 3.29. The predicted octanol–water partition coefficient (Wildman–Crippen LogP) is 0.0793. The second-order valence-corrected chi connectivity index (χ2v) is 4.67. The van der Waals surface area contributed by atoms with Crippen molar-refractivity contribution in [1.29, 1.82) is 0 Å². The Bertz CT molecular complexity index is 139. The molecule has 0 saturated carbocycles. The molecule has 2 fully saturated rings. The summed E-state index contributed by atoms with van der Waals surface area (Å²) in [5, 5.41) is 0. The summed E-state index contributed by atoms with van der Waals surface area (Å²) in [6, 6.07) is 0. The van der Waals surface area contributed by atoms with Crippen molar-refractivity contribution >= 4 is 0 Å². The number of nitrogens with two attached hydrogens (primary N) is 2. The van der Waals surface area contributed by atoms with Gasteiger partial charge in [0.05, 0.1) is 0 Å². The molecule has 4 N–H and O–H groups in total. The van der Waals surface area contributed by atoms with Crippen molar-refractivity contribution in [2.75, 3.05) is 52.4 Å². The van der Waals surface area contributed by atoms with E-state index in [0.717, 1.165) is 26.2 Å². The first-order valence-corrected chi connectivity index (χ1v) is 6.71. The smallest absolute Gasteiger partial charge is 0.329 e. The fourth-order valence-electron chi connectivity index (χ4n) is 2.38. The van der Waals surface area contributed by atoms with Crippen molar-refractivity contribution in [3.63, 3.8) is 0 Å². The summed E-state index contributed by atoms with van der Waals surface area (Å²) < 4.78 is 0. The van der Waals surface area contributed by atoms with Crippen LogP contribution in [0.25, 0.3) is 0 Å². The van der Waals surface area contributed by atoms with Crippen LogP contribution < -0.4 is 11.5 Å². The molecule has 0 radical (unpaired) electrons. The van der Waals surface area contributed by atoms with Crippen LogP contribution in [-0.2, 0) is 20.4 Å². The number of nitrogens with zero attached hydrogens (tertiary/aromatic N) is 2. The first-order chi connectivity index (χ1) is 7.86. The Kier molecular flexibility index (Phi) is 11.9. The maximum absolute atomic E-state index is 5.37. The van der Waals surface area contributed by atoms with Crippen LogP contribution in [0.4, 0.5) is 0 Å². The van der Waals surface area contributed by atoms with Crippen LogP contribution in [0.3, 0.4) is 0 Å². The third kappa shape index (κ3) is 8.26. The van der Waals surface area contributed by atoms with E-state index in [0.29, 0.717) is 0 Å². The van der Waals surface area contributed by atoms with Crippen LogP contribution >= 0.6 is 0 Å². The molecule has 17 heavy (non-hydrogen) atoms. The molecule has 2 aliphatic rings. The minimum absolute atomic E-state index is 0. The molecule has 0 unspecified atom stereocenters. The number of hydrogen-bond acceptors (Lipinski definition) is 4. The molecule has 2 aliphatic heterocycles. The van der Waals surface area contributed by atoms with Gasteiger partial charge in [0.15, 0.2) is 0 Å². The molecule has 0 bridgehead atoms. The molecular formula is C12H28N4Pd+2. The normalized spacial score (nSPS) is 20.8. The molecule has 2 heterocycles. The van der Waals surface area contributed by atoms with Gasteiger partial charge in [-0.25, -0.2) is 0 Å². The van der Waals surface area contributed by atoms with Crippen LogP contribution in [0.2, 0.25) is 0 Å². The zero-order valence-electron chi connectivity index (χ0n) is 10.9. The van der Waals surface area contributed by atoms with Crippen LogP contribution in [0.5, 0.6) is 0 Å². The van der Waals surface area contributed by atoms with Gasteiger partial charge in [0, 0.05) is 26.2 Å². The minimum atomic E-state index is 0. The van der Waals surface area contributed by atoms with Crippen molar-refractivity contribution < 1.29 is 20.4 Å². The average Bonchev–Trinajstić information content (AvgIpc) is 2.92. The summed E-state index contributed by atoms with van der Waals surface area (Å²) in [7, 11) is 0. The molecule has 2 rings (SSSR count).